The van der Waals surface area contributed by atoms with E-state index in [1.54, 1.807) is 0 Å². The van der Waals surface area contributed by atoms with E-state index in [1.165, 1.54) is 0 Å². The molecule has 3 N–H and O–H groups in total. The second kappa shape index (κ2) is 6.89. The van der Waals surface area contributed by atoms with Gasteiger partial charge in [0, 0.05) is 0 Å². The van der Waals surface area contributed by atoms with Gasteiger partial charge in [-0.1, -0.05) is 0 Å². The van der Waals surface area contributed by atoms with Gasteiger partial charge in [-0.2, -0.15) is 0 Å². The van der Waals surface area contributed by atoms with Crippen molar-refractivity contribution in [3.8, 4) is 0 Å². The second-order valence-electron chi connectivity index (χ2n) is 1.26. The fourth-order valence-corrected chi connectivity index (χ4v) is 0.171. The molecule has 0 heterocycles. The Bertz CT molecular complexity index is 109. The minimum absolute atomic E-state index is 0. The van der Waals surface area contributed by atoms with Gasteiger partial charge >= 0.3 is 35.5 Å². The summed E-state index contributed by atoms with van der Waals surface area (Å²) >= 11 is 4.81. The van der Waals surface area contributed by atoms with Gasteiger partial charge in [-0.15, -0.1) is 11.6 Å². The molecule has 0 aliphatic heterocycles. The molecule has 0 aromatic rings. The minimum atomic E-state index is -2.78. The van der Waals surface area contributed by atoms with Crippen molar-refractivity contribution in [2.75, 3.05) is 5.88 Å². The Morgan fingerprint density at radius 3 is 1.80 bits per heavy atom. The van der Waals surface area contributed by atoms with E-state index in [-0.39, 0.29) is 46.9 Å². The third-order valence-corrected chi connectivity index (χ3v) is 0.902. The van der Waals surface area contributed by atoms with Gasteiger partial charge in [0.1, 0.15) is 0 Å². The molecule has 0 radical (unpaired) electrons. The number of rotatable bonds is 2. The molecule has 0 unspecified atom stereocenters. The van der Waals surface area contributed by atoms with Crippen LogP contribution in [-0.4, -0.2) is 79.9 Å². The van der Waals surface area contributed by atoms with Crippen molar-refractivity contribution in [1.29, 1.82) is 0 Å². The maximum absolute atomic E-state index is 9.67. The molecule has 4 nitrogen and oxygen atoms in total. The molecular formula is C3H9AlClNaO4. The van der Waals surface area contributed by atoms with Crippen LogP contribution in [0.1, 0.15) is 0 Å². The predicted molar refractivity (Wildman–Crippen MR) is 42.6 cm³/mol. The Morgan fingerprint density at radius 2 is 1.80 bits per heavy atom. The van der Waals surface area contributed by atoms with Crippen molar-refractivity contribution in [1.82, 2.24) is 0 Å². The number of halogens is 1. The van der Waals surface area contributed by atoms with Gasteiger partial charge in [0.25, 0.3) is 5.79 Å². The molecule has 0 saturated carbocycles. The van der Waals surface area contributed by atoms with E-state index in [2.05, 4.69) is 0 Å². The predicted octanol–water partition coefficient (Wildman–Crippen LogP) is -2.84. The fraction of sp³-hybridized carbons (Fsp3) is 0.667. The molecule has 0 fully saturated rings. The summed E-state index contributed by atoms with van der Waals surface area (Å²) < 4.78 is 0. The quantitative estimate of drug-likeness (QED) is 0.251. The van der Waals surface area contributed by atoms with Crippen LogP contribution in [0.5, 0.6) is 0 Å². The van der Waals surface area contributed by atoms with Crippen LogP contribution >= 0.6 is 11.6 Å². The molecule has 0 aromatic heterocycles. The summed E-state index contributed by atoms with van der Waals surface area (Å²) in [4.78, 5) is 9.67. The first-order valence-corrected chi connectivity index (χ1v) is 2.28. The summed E-state index contributed by atoms with van der Waals surface area (Å²) in [5.41, 5.74) is 0. The zero-order valence-electron chi connectivity index (χ0n) is 3.83. The molecule has 0 saturated heterocycles. The normalized spacial score (nSPS) is 9.10. The number of alkyl halides is 1. The van der Waals surface area contributed by atoms with Crippen LogP contribution in [0.3, 0.4) is 0 Å². The molecule has 0 aromatic carbocycles. The average Bonchev–Trinajstić information content (AvgIpc) is 1.67. The fourth-order valence-electron chi connectivity index (χ4n) is 0.0572. The van der Waals surface area contributed by atoms with Gasteiger partial charge in [-0.05, 0) is 0 Å². The van der Waals surface area contributed by atoms with Crippen LogP contribution in [0.25, 0.3) is 0 Å². The zero-order valence-corrected chi connectivity index (χ0v) is 4.59. The molecule has 0 spiro atoms. The van der Waals surface area contributed by atoms with E-state index in [0.29, 0.717) is 0 Å². The molecular weight excluding hydrogens is 185 g/mol. The number of aliphatic hydroxyl groups is 2. The van der Waals surface area contributed by atoms with E-state index in [4.69, 9.17) is 26.9 Å². The third kappa shape index (κ3) is 5.96. The van der Waals surface area contributed by atoms with Crippen molar-refractivity contribution >= 4 is 64.5 Å². The summed E-state index contributed by atoms with van der Waals surface area (Å²) in [5.74, 6) is -5.25. The molecule has 0 rings (SSSR count). The third-order valence-electron chi connectivity index (χ3n) is 0.529. The molecule has 0 aliphatic rings. The first kappa shape index (κ1) is 17.3. The van der Waals surface area contributed by atoms with Gasteiger partial charge < -0.3 is 15.3 Å². The summed E-state index contributed by atoms with van der Waals surface area (Å²) in [7, 11) is 0. The van der Waals surface area contributed by atoms with Crippen molar-refractivity contribution in [3.63, 3.8) is 0 Å². The monoisotopic (exact) mass is 194 g/mol. The second-order valence-corrected chi connectivity index (χ2v) is 1.52. The molecule has 0 bridgehead atoms. The van der Waals surface area contributed by atoms with Crippen LogP contribution in [0.15, 0.2) is 0 Å². The number of hydrogen-bond acceptors (Lipinski definition) is 3. The van der Waals surface area contributed by atoms with E-state index in [0.717, 1.165) is 0 Å². The SMILES string of the molecule is O=C(O)C(O)(O)CCl.[AlH3].[NaH]. The van der Waals surface area contributed by atoms with Crippen molar-refractivity contribution < 1.29 is 20.1 Å². The Balaban J connectivity index is -0.000000245. The summed E-state index contributed by atoms with van der Waals surface area (Å²) in [6.07, 6.45) is 0. The number of carboxylic acids is 1. The zero-order chi connectivity index (χ0) is 6.78. The van der Waals surface area contributed by atoms with Gasteiger partial charge in [0.15, 0.2) is 17.4 Å². The molecule has 0 atom stereocenters. The Labute approximate surface area is 95.6 Å². The molecule has 0 aliphatic carbocycles. The topological polar surface area (TPSA) is 77.8 Å². The van der Waals surface area contributed by atoms with E-state index in [1.807, 2.05) is 0 Å². The molecule has 7 heteroatoms. The Hall–Kier alpha value is 1.21. The van der Waals surface area contributed by atoms with E-state index < -0.39 is 17.6 Å². The van der Waals surface area contributed by atoms with E-state index >= 15 is 0 Å². The van der Waals surface area contributed by atoms with Crippen LogP contribution in [0.2, 0.25) is 0 Å². The first-order chi connectivity index (χ1) is 3.50. The molecule has 10 heavy (non-hydrogen) atoms. The average molecular weight is 195 g/mol. The van der Waals surface area contributed by atoms with Gasteiger partial charge in [-0.3, -0.25) is 0 Å². The van der Waals surface area contributed by atoms with Gasteiger partial charge in [-0.25, -0.2) is 4.79 Å². The standard InChI is InChI=1S/C3H5ClO4.Al.Na.4H/c4-1-3(7,8)2(5)6;;;;;;/h7-8H,1H2,(H,5,6);;;;;;. The number of carboxylic acid groups (broad SMARTS) is 1. The Kier molecular flexibility index (Phi) is 12.0. The van der Waals surface area contributed by atoms with Crippen LogP contribution in [-0.2, 0) is 4.79 Å². The Morgan fingerprint density at radius 1 is 1.50 bits per heavy atom. The van der Waals surface area contributed by atoms with Crippen molar-refractivity contribution in [2.45, 2.75) is 5.79 Å². The van der Waals surface area contributed by atoms with Gasteiger partial charge in [0.05, 0.1) is 5.88 Å². The van der Waals surface area contributed by atoms with Crippen LogP contribution in [0.4, 0.5) is 0 Å². The summed E-state index contributed by atoms with van der Waals surface area (Å²) in [6, 6.07) is 0. The molecule has 0 amide bonds. The molecule has 56 valence electrons. The summed E-state index contributed by atoms with van der Waals surface area (Å²) in [5, 5.41) is 24.3. The van der Waals surface area contributed by atoms with Crippen molar-refractivity contribution in [3.05, 3.63) is 0 Å². The number of hydrogen-bond donors (Lipinski definition) is 3. The van der Waals surface area contributed by atoms with E-state index in [9.17, 15) is 4.79 Å². The summed E-state index contributed by atoms with van der Waals surface area (Å²) in [6.45, 7) is 0. The first-order valence-electron chi connectivity index (χ1n) is 1.75. The number of aliphatic carboxylic acids is 1. The van der Waals surface area contributed by atoms with Gasteiger partial charge in [0.2, 0.25) is 0 Å². The maximum atomic E-state index is 9.67. The van der Waals surface area contributed by atoms with Crippen molar-refractivity contribution in [2.24, 2.45) is 0 Å². The van der Waals surface area contributed by atoms with Crippen LogP contribution < -0.4 is 0 Å². The number of carbonyl (C=O) groups is 1. The van der Waals surface area contributed by atoms with Crippen LogP contribution in [0, 0.1) is 0 Å².